The van der Waals surface area contributed by atoms with Crippen molar-refractivity contribution in [3.8, 4) is 22.2 Å². The number of aryl methyl sites for hydroxylation is 2. The molecule has 0 aliphatic heterocycles. The van der Waals surface area contributed by atoms with E-state index in [1.165, 1.54) is 29.8 Å². The lowest BCUT2D eigenvalue weighted by Crippen LogP contribution is -2.24. The summed E-state index contributed by atoms with van der Waals surface area (Å²) in [4.78, 5) is 33.8. The Hall–Kier alpha value is -4.45. The van der Waals surface area contributed by atoms with Gasteiger partial charge in [0.1, 0.15) is 23.5 Å². The fourth-order valence-corrected chi connectivity index (χ4v) is 4.81. The van der Waals surface area contributed by atoms with Gasteiger partial charge in [0.05, 0.1) is 52.1 Å². The minimum atomic E-state index is -0.692. The number of aromatic nitrogens is 5. The predicted octanol–water partition coefficient (Wildman–Crippen LogP) is 5.87. The van der Waals surface area contributed by atoms with E-state index >= 15 is 0 Å². The third-order valence-electron chi connectivity index (χ3n) is 5.54. The van der Waals surface area contributed by atoms with Gasteiger partial charge in [0.15, 0.2) is 11.6 Å². The predicted molar refractivity (Wildman–Crippen MR) is 146 cm³/mol. The van der Waals surface area contributed by atoms with Gasteiger partial charge in [-0.3, -0.25) is 5.32 Å². The number of ether oxygens (including phenoxy) is 3. The van der Waals surface area contributed by atoms with Crippen molar-refractivity contribution in [2.75, 3.05) is 18.5 Å². The maximum Gasteiger partial charge on any atom is 0.411 e. The molecule has 12 heteroatoms. The Balaban J connectivity index is 1.32. The van der Waals surface area contributed by atoms with Gasteiger partial charge in [-0.25, -0.2) is 34.1 Å². The molecule has 5 rings (SSSR count). The Bertz CT molecular complexity index is 1660. The van der Waals surface area contributed by atoms with Crippen LogP contribution in [0.3, 0.4) is 0 Å². The van der Waals surface area contributed by atoms with Crippen molar-refractivity contribution in [2.45, 2.75) is 33.8 Å². The molecule has 0 fully saturated rings. The summed E-state index contributed by atoms with van der Waals surface area (Å²) >= 11 is 1.39. The number of rotatable bonds is 8. The average Bonchev–Trinajstić information content (AvgIpc) is 3.31. The van der Waals surface area contributed by atoms with E-state index in [-0.39, 0.29) is 12.4 Å². The van der Waals surface area contributed by atoms with Crippen molar-refractivity contribution < 1.29 is 23.4 Å². The van der Waals surface area contributed by atoms with E-state index in [9.17, 15) is 9.18 Å². The lowest BCUT2D eigenvalue weighted by atomic mass is 10.1. The maximum atomic E-state index is 14.9. The van der Waals surface area contributed by atoms with E-state index in [0.29, 0.717) is 45.6 Å². The fraction of sp³-hybridized carbons (Fsp3) is 0.259. The fourth-order valence-electron chi connectivity index (χ4n) is 3.82. The Morgan fingerprint density at radius 3 is 2.62 bits per heavy atom. The van der Waals surface area contributed by atoms with Crippen molar-refractivity contribution in [1.82, 2.24) is 24.9 Å². The van der Waals surface area contributed by atoms with Crippen molar-refractivity contribution in [3.63, 3.8) is 0 Å². The minimum Gasteiger partial charge on any atom is -0.484 e. The van der Waals surface area contributed by atoms with Crippen LogP contribution in [-0.2, 0) is 4.74 Å². The highest BCUT2D eigenvalue weighted by atomic mass is 32.1. The SMILES string of the molecule is CCOc1cnc2c(-c3nc4cc(F)c(OC(C)COC(=O)Nc5cnc(C)nc5)cc4s3)cc(C)cc2n1. The van der Waals surface area contributed by atoms with Crippen LogP contribution in [0.15, 0.2) is 42.9 Å². The van der Waals surface area contributed by atoms with Crippen LogP contribution in [-0.4, -0.2) is 50.3 Å². The minimum absolute atomic E-state index is 0.0383. The molecule has 0 aliphatic rings. The van der Waals surface area contributed by atoms with Crippen LogP contribution >= 0.6 is 11.3 Å². The first-order chi connectivity index (χ1) is 18.8. The molecule has 2 aromatic carbocycles. The number of amides is 1. The molecule has 0 aliphatic carbocycles. The van der Waals surface area contributed by atoms with Gasteiger partial charge in [-0.05, 0) is 45.4 Å². The van der Waals surface area contributed by atoms with Crippen LogP contribution < -0.4 is 14.8 Å². The molecule has 10 nitrogen and oxygen atoms in total. The number of hydrogen-bond donors (Lipinski definition) is 1. The second kappa shape index (κ2) is 11.1. The van der Waals surface area contributed by atoms with Gasteiger partial charge < -0.3 is 14.2 Å². The molecule has 0 radical (unpaired) electrons. The molecule has 0 spiro atoms. The zero-order chi connectivity index (χ0) is 27.5. The zero-order valence-corrected chi connectivity index (χ0v) is 22.5. The number of anilines is 1. The largest absolute Gasteiger partial charge is 0.484 e. The standard InChI is InChI=1S/C27H25FN6O4S/c1-5-36-24-12-31-25-18(6-14(2)7-21(25)33-24)26-34-20-8-19(28)22(9-23(20)39-26)38-15(3)13-37-27(35)32-17-10-29-16(4)30-11-17/h6-12,15H,5,13H2,1-4H3,(H,32,35). The van der Waals surface area contributed by atoms with Crippen LogP contribution in [0.25, 0.3) is 31.8 Å². The number of carbonyl (C=O) groups excluding carboxylic acids is 1. The molecular formula is C27H25FN6O4S. The highest BCUT2D eigenvalue weighted by molar-refractivity contribution is 7.21. The molecule has 5 aromatic rings. The molecule has 1 unspecified atom stereocenters. The third-order valence-corrected chi connectivity index (χ3v) is 6.59. The molecule has 3 heterocycles. The molecule has 0 bridgehead atoms. The summed E-state index contributed by atoms with van der Waals surface area (Å²) in [6.45, 7) is 7.67. The van der Waals surface area contributed by atoms with E-state index in [4.69, 9.17) is 14.2 Å². The van der Waals surface area contributed by atoms with Crippen molar-refractivity contribution in [2.24, 2.45) is 0 Å². The zero-order valence-electron chi connectivity index (χ0n) is 21.7. The van der Waals surface area contributed by atoms with E-state index in [1.54, 1.807) is 26.1 Å². The van der Waals surface area contributed by atoms with Gasteiger partial charge in [0, 0.05) is 17.7 Å². The molecule has 200 valence electrons. The maximum absolute atomic E-state index is 14.9. The van der Waals surface area contributed by atoms with Crippen molar-refractivity contribution in [1.29, 1.82) is 0 Å². The smallest absolute Gasteiger partial charge is 0.411 e. The number of nitrogens with zero attached hydrogens (tertiary/aromatic N) is 5. The molecule has 39 heavy (non-hydrogen) atoms. The number of hydrogen-bond acceptors (Lipinski definition) is 10. The lowest BCUT2D eigenvalue weighted by molar-refractivity contribution is 0.0969. The van der Waals surface area contributed by atoms with Gasteiger partial charge in [-0.1, -0.05) is 0 Å². The molecule has 3 aromatic heterocycles. The summed E-state index contributed by atoms with van der Waals surface area (Å²) in [5.41, 5.74) is 4.06. The first-order valence-corrected chi connectivity index (χ1v) is 13.0. The quantitative estimate of drug-likeness (QED) is 0.254. The number of fused-ring (bicyclic) bond motifs is 2. The molecular weight excluding hydrogens is 523 g/mol. The number of thiazole rings is 1. The summed E-state index contributed by atoms with van der Waals surface area (Å²) in [5, 5.41) is 3.21. The van der Waals surface area contributed by atoms with Crippen molar-refractivity contribution in [3.05, 3.63) is 60.1 Å². The summed E-state index contributed by atoms with van der Waals surface area (Å²) in [6.07, 6.45) is 3.23. The van der Waals surface area contributed by atoms with E-state index < -0.39 is 18.0 Å². The van der Waals surface area contributed by atoms with Crippen LogP contribution in [0.5, 0.6) is 11.6 Å². The van der Waals surface area contributed by atoms with Gasteiger partial charge in [-0.2, -0.15) is 0 Å². The molecule has 1 N–H and O–H groups in total. The van der Waals surface area contributed by atoms with Gasteiger partial charge >= 0.3 is 6.09 Å². The third kappa shape index (κ3) is 6.01. The Kier molecular flexibility index (Phi) is 7.46. The summed E-state index contributed by atoms with van der Waals surface area (Å²) in [5.74, 6) is 0.508. The average molecular weight is 549 g/mol. The summed E-state index contributed by atoms with van der Waals surface area (Å²) in [6, 6.07) is 6.85. The highest BCUT2D eigenvalue weighted by Crippen LogP contribution is 2.37. The number of nitrogens with one attached hydrogen (secondary N) is 1. The summed E-state index contributed by atoms with van der Waals surface area (Å²) in [7, 11) is 0. The van der Waals surface area contributed by atoms with E-state index in [0.717, 1.165) is 15.8 Å². The molecule has 0 saturated carbocycles. The van der Waals surface area contributed by atoms with Crippen molar-refractivity contribution >= 4 is 44.4 Å². The second-order valence-corrected chi connectivity index (χ2v) is 9.79. The van der Waals surface area contributed by atoms with Crippen LogP contribution in [0, 0.1) is 19.7 Å². The van der Waals surface area contributed by atoms with E-state index in [2.05, 4.69) is 30.2 Å². The first kappa shape index (κ1) is 26.2. The van der Waals surface area contributed by atoms with Crippen LogP contribution in [0.1, 0.15) is 25.2 Å². The van der Waals surface area contributed by atoms with Gasteiger partial charge in [0.25, 0.3) is 0 Å². The molecule has 0 saturated heterocycles. The molecule has 1 atom stereocenters. The molecule has 1 amide bonds. The topological polar surface area (TPSA) is 121 Å². The number of carbonyl (C=O) groups is 1. The Morgan fingerprint density at radius 2 is 1.85 bits per heavy atom. The Labute approximate surface area is 227 Å². The monoisotopic (exact) mass is 548 g/mol. The Morgan fingerprint density at radius 1 is 1.05 bits per heavy atom. The second-order valence-electron chi connectivity index (χ2n) is 8.76. The number of halogens is 1. The van der Waals surface area contributed by atoms with Crippen LogP contribution in [0.4, 0.5) is 14.9 Å². The lowest BCUT2D eigenvalue weighted by Gasteiger charge is -2.15. The van der Waals surface area contributed by atoms with Gasteiger partial charge in [0.2, 0.25) is 5.88 Å². The highest BCUT2D eigenvalue weighted by Gasteiger charge is 2.18. The first-order valence-electron chi connectivity index (χ1n) is 12.2. The summed E-state index contributed by atoms with van der Waals surface area (Å²) < 4.78 is 32.1. The van der Waals surface area contributed by atoms with Crippen LogP contribution in [0.2, 0.25) is 0 Å². The van der Waals surface area contributed by atoms with Gasteiger partial charge in [-0.15, -0.1) is 11.3 Å². The normalized spacial score (nSPS) is 11.9. The number of benzene rings is 2. The van der Waals surface area contributed by atoms with E-state index in [1.807, 2.05) is 26.0 Å².